The molecule has 6 heteroatoms. The Labute approximate surface area is 161 Å². The fourth-order valence-electron chi connectivity index (χ4n) is 3.34. The zero-order valence-electron chi connectivity index (χ0n) is 16.0. The SMILES string of the molecule is Cc1ccc(C)c(S(=O)(=O)Nc2ccccc2C(=O)N2CCC(C)CC2)c1. The highest BCUT2D eigenvalue weighted by molar-refractivity contribution is 7.92. The van der Waals surface area contributed by atoms with Crippen LogP contribution in [0.4, 0.5) is 5.69 Å². The Balaban J connectivity index is 1.90. The van der Waals surface area contributed by atoms with Gasteiger partial charge in [-0.1, -0.05) is 31.2 Å². The number of anilines is 1. The highest BCUT2D eigenvalue weighted by Crippen LogP contribution is 2.25. The first-order valence-corrected chi connectivity index (χ1v) is 10.7. The van der Waals surface area contributed by atoms with Gasteiger partial charge < -0.3 is 4.90 Å². The van der Waals surface area contributed by atoms with Gasteiger partial charge in [-0.05, 0) is 61.9 Å². The number of likely N-dealkylation sites (tertiary alicyclic amines) is 1. The molecule has 1 fully saturated rings. The zero-order chi connectivity index (χ0) is 19.6. The predicted octanol–water partition coefficient (Wildman–Crippen LogP) is 3.98. The van der Waals surface area contributed by atoms with Crippen molar-refractivity contribution in [2.75, 3.05) is 17.8 Å². The van der Waals surface area contributed by atoms with Crippen LogP contribution in [0.1, 0.15) is 41.3 Å². The first-order chi connectivity index (χ1) is 12.8. The second-order valence-corrected chi connectivity index (χ2v) is 9.05. The molecule has 1 saturated heterocycles. The van der Waals surface area contributed by atoms with E-state index in [0.717, 1.165) is 18.4 Å². The first-order valence-electron chi connectivity index (χ1n) is 9.26. The van der Waals surface area contributed by atoms with Crippen LogP contribution in [0.2, 0.25) is 0 Å². The van der Waals surface area contributed by atoms with Gasteiger partial charge in [-0.25, -0.2) is 8.42 Å². The van der Waals surface area contributed by atoms with Gasteiger partial charge in [0.2, 0.25) is 0 Å². The summed E-state index contributed by atoms with van der Waals surface area (Å²) in [5.41, 5.74) is 2.25. The van der Waals surface area contributed by atoms with E-state index in [4.69, 9.17) is 0 Å². The third-order valence-corrected chi connectivity index (χ3v) is 6.61. The molecule has 144 valence electrons. The van der Waals surface area contributed by atoms with Crippen LogP contribution in [0.25, 0.3) is 0 Å². The Bertz CT molecular complexity index is 946. The van der Waals surface area contributed by atoms with E-state index in [0.29, 0.717) is 35.8 Å². The maximum atomic E-state index is 13.0. The van der Waals surface area contributed by atoms with Crippen LogP contribution < -0.4 is 4.72 Å². The monoisotopic (exact) mass is 386 g/mol. The van der Waals surface area contributed by atoms with Crippen molar-refractivity contribution in [2.24, 2.45) is 5.92 Å². The highest BCUT2D eigenvalue weighted by atomic mass is 32.2. The number of sulfonamides is 1. The topological polar surface area (TPSA) is 66.5 Å². The number of hydrogen-bond acceptors (Lipinski definition) is 3. The minimum Gasteiger partial charge on any atom is -0.339 e. The van der Waals surface area contributed by atoms with Crippen LogP contribution in [0.5, 0.6) is 0 Å². The van der Waals surface area contributed by atoms with Crippen molar-refractivity contribution in [3.63, 3.8) is 0 Å². The van der Waals surface area contributed by atoms with E-state index in [1.54, 1.807) is 43.3 Å². The van der Waals surface area contributed by atoms with Crippen LogP contribution in [-0.2, 0) is 10.0 Å². The Hall–Kier alpha value is -2.34. The lowest BCUT2D eigenvalue weighted by Gasteiger charge is -2.30. The van der Waals surface area contributed by atoms with Crippen LogP contribution in [0.3, 0.4) is 0 Å². The van der Waals surface area contributed by atoms with Crippen LogP contribution >= 0.6 is 0 Å². The van der Waals surface area contributed by atoms with E-state index in [9.17, 15) is 13.2 Å². The number of rotatable bonds is 4. The lowest BCUT2D eigenvalue weighted by atomic mass is 9.98. The molecule has 0 radical (unpaired) electrons. The number of benzene rings is 2. The molecule has 1 N–H and O–H groups in total. The zero-order valence-corrected chi connectivity index (χ0v) is 16.8. The summed E-state index contributed by atoms with van der Waals surface area (Å²) < 4.78 is 28.5. The standard InChI is InChI=1S/C21H26N2O3S/c1-15-10-12-23(13-11-15)21(24)18-6-4-5-7-19(18)22-27(25,26)20-14-16(2)8-9-17(20)3/h4-9,14-15,22H,10-13H2,1-3H3. The molecule has 1 aliphatic rings. The van der Waals surface area contributed by atoms with Gasteiger partial charge in [-0.2, -0.15) is 0 Å². The Morgan fingerprint density at radius 1 is 1.07 bits per heavy atom. The Morgan fingerprint density at radius 3 is 2.44 bits per heavy atom. The van der Waals surface area contributed by atoms with E-state index >= 15 is 0 Å². The minimum absolute atomic E-state index is 0.124. The number of carbonyl (C=O) groups excluding carboxylic acids is 1. The van der Waals surface area contributed by atoms with Crippen molar-refractivity contribution in [3.05, 3.63) is 59.2 Å². The maximum Gasteiger partial charge on any atom is 0.262 e. The quantitative estimate of drug-likeness (QED) is 0.864. The molecule has 0 saturated carbocycles. The third kappa shape index (κ3) is 4.33. The lowest BCUT2D eigenvalue weighted by molar-refractivity contribution is 0.0698. The maximum absolute atomic E-state index is 13.0. The molecule has 2 aromatic rings. The summed E-state index contributed by atoms with van der Waals surface area (Å²) in [6.07, 6.45) is 1.95. The molecule has 5 nitrogen and oxygen atoms in total. The van der Waals surface area contributed by atoms with Crippen molar-refractivity contribution in [1.82, 2.24) is 4.90 Å². The van der Waals surface area contributed by atoms with Crippen molar-refractivity contribution >= 4 is 21.6 Å². The molecule has 3 rings (SSSR count). The second-order valence-electron chi connectivity index (χ2n) is 7.39. The number of para-hydroxylation sites is 1. The van der Waals surface area contributed by atoms with Crippen molar-refractivity contribution < 1.29 is 13.2 Å². The summed E-state index contributed by atoms with van der Waals surface area (Å²) in [6.45, 7) is 7.22. The lowest BCUT2D eigenvalue weighted by Crippen LogP contribution is -2.38. The summed E-state index contributed by atoms with van der Waals surface area (Å²) in [5.74, 6) is 0.494. The molecule has 0 unspecified atom stereocenters. The minimum atomic E-state index is -3.78. The van der Waals surface area contributed by atoms with Crippen molar-refractivity contribution in [3.8, 4) is 0 Å². The van der Waals surface area contributed by atoms with E-state index < -0.39 is 10.0 Å². The molecule has 2 aromatic carbocycles. The molecular formula is C21H26N2O3S. The smallest absolute Gasteiger partial charge is 0.262 e. The molecule has 1 heterocycles. The van der Waals surface area contributed by atoms with Crippen LogP contribution in [0.15, 0.2) is 47.4 Å². The number of aryl methyl sites for hydroxylation is 2. The average Bonchev–Trinajstić information content (AvgIpc) is 2.64. The van der Waals surface area contributed by atoms with E-state index in [-0.39, 0.29) is 10.8 Å². The van der Waals surface area contributed by atoms with Gasteiger partial charge in [0.1, 0.15) is 0 Å². The van der Waals surface area contributed by atoms with Crippen molar-refractivity contribution in [1.29, 1.82) is 0 Å². The fraction of sp³-hybridized carbons (Fsp3) is 0.381. The Morgan fingerprint density at radius 2 is 1.74 bits per heavy atom. The number of nitrogens with zero attached hydrogens (tertiary/aromatic N) is 1. The molecule has 1 amide bonds. The van der Waals surface area contributed by atoms with Crippen molar-refractivity contribution in [2.45, 2.75) is 38.5 Å². The predicted molar refractivity (Wildman–Crippen MR) is 107 cm³/mol. The normalized spacial score (nSPS) is 15.6. The van der Waals surface area contributed by atoms with E-state index in [1.807, 2.05) is 17.9 Å². The largest absolute Gasteiger partial charge is 0.339 e. The molecule has 0 aromatic heterocycles. The summed E-state index contributed by atoms with van der Waals surface area (Å²) >= 11 is 0. The van der Waals surface area contributed by atoms with Crippen LogP contribution in [-0.4, -0.2) is 32.3 Å². The van der Waals surface area contributed by atoms with Crippen LogP contribution in [0, 0.1) is 19.8 Å². The van der Waals surface area contributed by atoms with Gasteiger partial charge in [0, 0.05) is 13.1 Å². The number of nitrogens with one attached hydrogen (secondary N) is 1. The first kappa shape index (κ1) is 19.4. The third-order valence-electron chi connectivity index (χ3n) is 5.11. The summed E-state index contributed by atoms with van der Waals surface area (Å²) in [5, 5.41) is 0. The second kappa shape index (κ2) is 7.72. The van der Waals surface area contributed by atoms with E-state index in [1.165, 1.54) is 0 Å². The molecule has 0 aliphatic carbocycles. The van der Waals surface area contributed by atoms with Gasteiger partial charge in [0.15, 0.2) is 0 Å². The summed E-state index contributed by atoms with van der Waals surface area (Å²) in [4.78, 5) is 15.0. The van der Waals surface area contributed by atoms with E-state index in [2.05, 4.69) is 11.6 Å². The van der Waals surface area contributed by atoms with Gasteiger partial charge in [0.25, 0.3) is 15.9 Å². The molecular weight excluding hydrogens is 360 g/mol. The molecule has 0 bridgehead atoms. The number of hydrogen-bond donors (Lipinski definition) is 1. The summed E-state index contributed by atoms with van der Waals surface area (Å²) in [6, 6.07) is 12.1. The van der Waals surface area contributed by atoms with Gasteiger partial charge in [-0.3, -0.25) is 9.52 Å². The molecule has 0 spiro atoms. The number of amides is 1. The van der Waals surface area contributed by atoms with Gasteiger partial charge in [0.05, 0.1) is 16.1 Å². The molecule has 1 aliphatic heterocycles. The average molecular weight is 387 g/mol. The molecule has 27 heavy (non-hydrogen) atoms. The van der Waals surface area contributed by atoms with Gasteiger partial charge in [-0.15, -0.1) is 0 Å². The highest BCUT2D eigenvalue weighted by Gasteiger charge is 2.25. The molecule has 0 atom stereocenters. The Kier molecular flexibility index (Phi) is 5.56. The number of piperidine rings is 1. The summed E-state index contributed by atoms with van der Waals surface area (Å²) in [7, 11) is -3.78. The number of carbonyl (C=O) groups is 1. The fourth-order valence-corrected chi connectivity index (χ4v) is 4.75. The van der Waals surface area contributed by atoms with Gasteiger partial charge >= 0.3 is 0 Å².